The SMILES string of the molecule is COc1cc(C#N)cc(N(C(=O)C2OC(CO)C(O)C(n3cc(-c4cc(F)cc(F)c4)nn3)C2OC)[C@H]2CCCC[C@@H]2O)c1. The van der Waals surface area contributed by atoms with E-state index in [1.165, 1.54) is 42.1 Å². The molecule has 2 heterocycles. The van der Waals surface area contributed by atoms with Crippen LogP contribution in [-0.4, -0.2) is 93.6 Å². The van der Waals surface area contributed by atoms with Crippen molar-refractivity contribution in [3.05, 3.63) is 59.8 Å². The zero-order valence-corrected chi connectivity index (χ0v) is 24.1. The topological polar surface area (TPSA) is 163 Å². The molecule has 1 amide bonds. The molecule has 14 heteroatoms. The van der Waals surface area contributed by atoms with Crippen LogP contribution in [0.5, 0.6) is 5.75 Å². The number of halogens is 2. The lowest BCUT2D eigenvalue weighted by molar-refractivity contribution is -0.211. The van der Waals surface area contributed by atoms with Gasteiger partial charge in [0.25, 0.3) is 5.91 Å². The number of amides is 1. The van der Waals surface area contributed by atoms with Gasteiger partial charge in [0.1, 0.15) is 47.4 Å². The van der Waals surface area contributed by atoms with E-state index in [9.17, 15) is 34.2 Å². The Morgan fingerprint density at radius 2 is 1.86 bits per heavy atom. The first-order valence-electron chi connectivity index (χ1n) is 14.1. The van der Waals surface area contributed by atoms with Gasteiger partial charge in [0, 0.05) is 30.5 Å². The third-order valence-corrected chi connectivity index (χ3v) is 8.15. The number of nitrogens with zero attached hydrogens (tertiary/aromatic N) is 5. The first kappa shape index (κ1) is 31.4. The monoisotopic (exact) mass is 613 g/mol. The fourth-order valence-electron chi connectivity index (χ4n) is 6.03. The number of benzene rings is 2. The minimum atomic E-state index is -1.44. The van der Waals surface area contributed by atoms with Crippen LogP contribution in [0.2, 0.25) is 0 Å². The number of rotatable bonds is 8. The van der Waals surface area contributed by atoms with Crippen molar-refractivity contribution in [3.8, 4) is 23.1 Å². The number of methoxy groups -OCH3 is 2. The minimum Gasteiger partial charge on any atom is -0.497 e. The lowest BCUT2D eigenvalue weighted by Crippen LogP contribution is -2.63. The van der Waals surface area contributed by atoms with Gasteiger partial charge in [-0.05, 0) is 37.1 Å². The second kappa shape index (κ2) is 13.3. The van der Waals surface area contributed by atoms with Gasteiger partial charge in [-0.25, -0.2) is 13.5 Å². The van der Waals surface area contributed by atoms with Crippen molar-refractivity contribution >= 4 is 11.6 Å². The van der Waals surface area contributed by atoms with E-state index in [-0.39, 0.29) is 22.5 Å². The zero-order valence-electron chi connectivity index (χ0n) is 24.1. The maximum atomic E-state index is 14.6. The summed E-state index contributed by atoms with van der Waals surface area (Å²) < 4.78 is 46.1. The Hall–Kier alpha value is -4.00. The van der Waals surface area contributed by atoms with Crippen LogP contribution in [0, 0.1) is 23.0 Å². The quantitative estimate of drug-likeness (QED) is 0.343. The van der Waals surface area contributed by atoms with Crippen LogP contribution in [0.3, 0.4) is 0 Å². The molecule has 3 aromatic rings. The number of carbonyl (C=O) groups is 1. The lowest BCUT2D eigenvalue weighted by Gasteiger charge is -2.46. The highest BCUT2D eigenvalue weighted by molar-refractivity contribution is 5.98. The maximum Gasteiger partial charge on any atom is 0.259 e. The van der Waals surface area contributed by atoms with Crippen molar-refractivity contribution in [2.24, 2.45) is 0 Å². The smallest absolute Gasteiger partial charge is 0.259 e. The van der Waals surface area contributed by atoms with Gasteiger partial charge in [-0.15, -0.1) is 5.10 Å². The molecule has 3 N–H and O–H groups in total. The summed E-state index contributed by atoms with van der Waals surface area (Å²) in [5, 5.41) is 50.1. The average Bonchev–Trinajstić information content (AvgIpc) is 3.51. The Balaban J connectivity index is 1.57. The fourth-order valence-corrected chi connectivity index (χ4v) is 6.03. The molecule has 2 aliphatic rings. The largest absolute Gasteiger partial charge is 0.497 e. The first-order chi connectivity index (χ1) is 21.2. The van der Waals surface area contributed by atoms with Crippen LogP contribution >= 0.6 is 0 Å². The molecule has 7 atom stereocenters. The molecule has 5 unspecified atom stereocenters. The van der Waals surface area contributed by atoms with Gasteiger partial charge in [0.2, 0.25) is 0 Å². The molecular formula is C30H33F2N5O7. The molecule has 1 saturated heterocycles. The summed E-state index contributed by atoms with van der Waals surface area (Å²) in [5.74, 6) is -1.96. The number of nitriles is 1. The van der Waals surface area contributed by atoms with Gasteiger partial charge >= 0.3 is 0 Å². The Kier molecular flexibility index (Phi) is 9.52. The predicted octanol–water partition coefficient (Wildman–Crippen LogP) is 2.12. The van der Waals surface area contributed by atoms with E-state index in [2.05, 4.69) is 16.4 Å². The molecule has 1 saturated carbocycles. The second-order valence-corrected chi connectivity index (χ2v) is 10.9. The third kappa shape index (κ3) is 6.15. The van der Waals surface area contributed by atoms with Gasteiger partial charge in [0.15, 0.2) is 6.10 Å². The fraction of sp³-hybridized carbons (Fsp3) is 0.467. The van der Waals surface area contributed by atoms with Crippen molar-refractivity contribution in [1.82, 2.24) is 15.0 Å². The highest BCUT2D eigenvalue weighted by atomic mass is 19.1. The molecule has 0 bridgehead atoms. The number of carbonyl (C=O) groups excluding carboxylic acids is 1. The summed E-state index contributed by atoms with van der Waals surface area (Å²) in [6, 6.07) is 7.69. The summed E-state index contributed by atoms with van der Waals surface area (Å²) >= 11 is 0. The van der Waals surface area contributed by atoms with Crippen molar-refractivity contribution < 1.29 is 43.1 Å². The Labute approximate surface area is 252 Å². The Bertz CT molecular complexity index is 1510. The summed E-state index contributed by atoms with van der Waals surface area (Å²) in [6.45, 7) is -0.668. The Morgan fingerprint density at radius 3 is 2.50 bits per heavy atom. The van der Waals surface area contributed by atoms with Crippen molar-refractivity contribution in [2.45, 2.75) is 68.3 Å². The number of aromatic nitrogens is 3. The van der Waals surface area contributed by atoms with Crippen LogP contribution in [0.4, 0.5) is 14.5 Å². The van der Waals surface area contributed by atoms with E-state index >= 15 is 0 Å². The molecule has 5 rings (SSSR count). The Morgan fingerprint density at radius 1 is 1.14 bits per heavy atom. The second-order valence-electron chi connectivity index (χ2n) is 10.9. The maximum absolute atomic E-state index is 14.6. The molecule has 0 radical (unpaired) electrons. The highest BCUT2D eigenvalue weighted by Gasteiger charge is 2.52. The summed E-state index contributed by atoms with van der Waals surface area (Å²) in [7, 11) is 2.74. The molecular weight excluding hydrogens is 580 g/mol. The third-order valence-electron chi connectivity index (χ3n) is 8.15. The molecule has 44 heavy (non-hydrogen) atoms. The number of anilines is 1. The standard InChI is InChI=1S/C30H33F2N5O7/c1-42-21-8-16(13-33)7-20(12-21)37(23-5-3-4-6-24(23)39)30(41)29-28(43-2)26(27(40)25(15-38)44-29)36-14-22(34-35-36)17-9-18(31)11-19(32)10-17/h7-12,14,23-29,38-40H,3-6,15H2,1-2H3/t23-,24-,25?,26?,27?,28?,29?/m0/s1. The summed E-state index contributed by atoms with van der Waals surface area (Å²) in [4.78, 5) is 15.9. The highest BCUT2D eigenvalue weighted by Crippen LogP contribution is 2.37. The van der Waals surface area contributed by atoms with E-state index in [0.29, 0.717) is 18.6 Å². The van der Waals surface area contributed by atoms with Crippen LogP contribution in [0.15, 0.2) is 42.6 Å². The molecule has 1 aliphatic heterocycles. The van der Waals surface area contributed by atoms with Gasteiger partial charge in [-0.1, -0.05) is 18.1 Å². The van der Waals surface area contributed by atoms with Gasteiger partial charge < -0.3 is 34.4 Å². The molecule has 1 aromatic heterocycles. The number of aliphatic hydroxyl groups excluding tert-OH is 3. The van der Waals surface area contributed by atoms with E-state index in [0.717, 1.165) is 31.0 Å². The van der Waals surface area contributed by atoms with E-state index in [1.807, 2.05) is 0 Å². The van der Waals surface area contributed by atoms with Crippen molar-refractivity contribution in [1.29, 1.82) is 5.26 Å². The predicted molar refractivity (Wildman–Crippen MR) is 150 cm³/mol. The number of ether oxygens (including phenoxy) is 3. The van der Waals surface area contributed by atoms with E-state index < -0.39 is 66.8 Å². The van der Waals surface area contributed by atoms with Crippen LogP contribution < -0.4 is 9.64 Å². The van der Waals surface area contributed by atoms with Crippen LogP contribution in [0.1, 0.15) is 37.3 Å². The van der Waals surface area contributed by atoms with Gasteiger partial charge in [-0.2, -0.15) is 5.26 Å². The molecule has 1 aliphatic carbocycles. The zero-order chi connectivity index (χ0) is 31.5. The normalized spacial score (nSPS) is 27.0. The summed E-state index contributed by atoms with van der Waals surface area (Å²) in [5.41, 5.74) is 0.697. The number of hydrogen-bond acceptors (Lipinski definition) is 10. The molecule has 0 spiro atoms. The van der Waals surface area contributed by atoms with Crippen molar-refractivity contribution in [2.75, 3.05) is 25.7 Å². The van der Waals surface area contributed by atoms with Crippen LogP contribution in [-0.2, 0) is 14.3 Å². The number of hydrogen-bond donors (Lipinski definition) is 3. The average molecular weight is 614 g/mol. The lowest BCUT2D eigenvalue weighted by atomic mass is 9.88. The minimum absolute atomic E-state index is 0.0905. The molecule has 2 aromatic carbocycles. The first-order valence-corrected chi connectivity index (χ1v) is 14.1. The van der Waals surface area contributed by atoms with E-state index in [4.69, 9.17) is 14.2 Å². The summed E-state index contributed by atoms with van der Waals surface area (Å²) in [6.07, 6.45) is -2.46. The number of aliphatic hydroxyl groups is 3. The van der Waals surface area contributed by atoms with Crippen molar-refractivity contribution in [3.63, 3.8) is 0 Å². The molecule has 2 fully saturated rings. The molecule has 12 nitrogen and oxygen atoms in total. The molecule has 234 valence electrons. The van der Waals surface area contributed by atoms with Gasteiger partial charge in [-0.3, -0.25) is 4.79 Å². The van der Waals surface area contributed by atoms with Crippen LogP contribution in [0.25, 0.3) is 11.3 Å². The van der Waals surface area contributed by atoms with E-state index in [1.54, 1.807) is 6.07 Å². The van der Waals surface area contributed by atoms with Gasteiger partial charge in [0.05, 0.1) is 43.7 Å².